The van der Waals surface area contributed by atoms with Gasteiger partial charge in [-0.05, 0) is 23.6 Å². The quantitative estimate of drug-likeness (QED) is 0.721. The minimum absolute atomic E-state index is 0.171. The van der Waals surface area contributed by atoms with E-state index in [-0.39, 0.29) is 5.78 Å². The molecule has 2 aromatic carbocycles. The van der Waals surface area contributed by atoms with Gasteiger partial charge in [0.1, 0.15) is 12.4 Å². The van der Waals surface area contributed by atoms with Crippen LogP contribution < -0.4 is 4.74 Å². The molecule has 0 saturated carbocycles. The van der Waals surface area contributed by atoms with Crippen molar-refractivity contribution in [3.05, 3.63) is 65.7 Å². The van der Waals surface area contributed by atoms with Crippen molar-refractivity contribution in [3.8, 4) is 5.75 Å². The van der Waals surface area contributed by atoms with Crippen LogP contribution >= 0.6 is 0 Å². The van der Waals surface area contributed by atoms with Gasteiger partial charge >= 0.3 is 0 Å². The highest BCUT2D eigenvalue weighted by atomic mass is 16.5. The van der Waals surface area contributed by atoms with E-state index in [0.29, 0.717) is 18.9 Å². The molecule has 0 bridgehead atoms. The van der Waals surface area contributed by atoms with E-state index in [2.05, 4.69) is 0 Å². The summed E-state index contributed by atoms with van der Waals surface area (Å²) in [6.07, 6.45) is 0.572. The van der Waals surface area contributed by atoms with Gasteiger partial charge in [0.15, 0.2) is 5.78 Å². The van der Waals surface area contributed by atoms with Crippen LogP contribution in [0.2, 0.25) is 0 Å². The number of rotatable bonds is 6. The van der Waals surface area contributed by atoms with Crippen molar-refractivity contribution in [2.24, 2.45) is 5.92 Å². The molecule has 2 aromatic rings. The predicted molar refractivity (Wildman–Crippen MR) is 81.0 cm³/mol. The van der Waals surface area contributed by atoms with E-state index in [0.717, 1.165) is 16.9 Å². The fourth-order valence-electron chi connectivity index (χ4n) is 1.99. The first-order chi connectivity index (χ1) is 9.65. The molecule has 0 fully saturated rings. The van der Waals surface area contributed by atoms with Gasteiger partial charge in [-0.15, -0.1) is 0 Å². The summed E-state index contributed by atoms with van der Waals surface area (Å²) < 4.78 is 5.74. The number of Topliss-reactive ketones (excluding diaryl/α,β-unsaturated/α-hetero) is 1. The summed E-state index contributed by atoms with van der Waals surface area (Å²) in [5, 5.41) is 0. The van der Waals surface area contributed by atoms with Gasteiger partial charge < -0.3 is 4.74 Å². The van der Waals surface area contributed by atoms with E-state index in [9.17, 15) is 4.79 Å². The Balaban J connectivity index is 2.01. The summed E-state index contributed by atoms with van der Waals surface area (Å²) in [5.41, 5.74) is 1.84. The van der Waals surface area contributed by atoms with E-state index in [1.807, 2.05) is 68.4 Å². The summed E-state index contributed by atoms with van der Waals surface area (Å²) in [6, 6.07) is 17.4. The first-order valence-corrected chi connectivity index (χ1v) is 6.95. The molecule has 0 heterocycles. The van der Waals surface area contributed by atoms with Crippen LogP contribution in [0.3, 0.4) is 0 Å². The number of ether oxygens (including phenoxy) is 1. The molecule has 2 heteroatoms. The van der Waals surface area contributed by atoms with Gasteiger partial charge in [-0.1, -0.05) is 56.3 Å². The van der Waals surface area contributed by atoms with Crippen molar-refractivity contribution in [3.63, 3.8) is 0 Å². The highest BCUT2D eigenvalue weighted by molar-refractivity contribution is 5.96. The third-order valence-corrected chi connectivity index (χ3v) is 3.00. The molecular formula is C18H20O2. The summed E-state index contributed by atoms with van der Waals surface area (Å²) in [4.78, 5) is 12.0. The third kappa shape index (κ3) is 4.23. The van der Waals surface area contributed by atoms with Gasteiger partial charge in [0.05, 0.1) is 0 Å². The number of hydrogen-bond donors (Lipinski definition) is 0. The maximum atomic E-state index is 12.0. The average molecular weight is 268 g/mol. The Labute approximate surface area is 120 Å². The SMILES string of the molecule is CC(C)CC(=O)c1cccc(OCc2ccccc2)c1. The van der Waals surface area contributed by atoms with E-state index < -0.39 is 0 Å². The molecule has 0 aliphatic rings. The Morgan fingerprint density at radius 1 is 1.05 bits per heavy atom. The minimum Gasteiger partial charge on any atom is -0.489 e. The molecule has 0 amide bonds. The van der Waals surface area contributed by atoms with Gasteiger partial charge in [-0.2, -0.15) is 0 Å². The zero-order valence-corrected chi connectivity index (χ0v) is 12.0. The molecule has 0 aliphatic heterocycles. The lowest BCUT2D eigenvalue weighted by atomic mass is 10.0. The highest BCUT2D eigenvalue weighted by Crippen LogP contribution is 2.17. The standard InChI is InChI=1S/C18H20O2/c1-14(2)11-18(19)16-9-6-10-17(12-16)20-13-15-7-4-3-5-8-15/h3-10,12,14H,11,13H2,1-2H3. The second-order valence-electron chi connectivity index (χ2n) is 5.32. The van der Waals surface area contributed by atoms with Crippen molar-refractivity contribution < 1.29 is 9.53 Å². The van der Waals surface area contributed by atoms with Crippen LogP contribution in [0.4, 0.5) is 0 Å². The van der Waals surface area contributed by atoms with Crippen molar-refractivity contribution in [2.75, 3.05) is 0 Å². The highest BCUT2D eigenvalue weighted by Gasteiger charge is 2.09. The Hall–Kier alpha value is -2.09. The molecule has 2 nitrogen and oxygen atoms in total. The first kappa shape index (κ1) is 14.3. The van der Waals surface area contributed by atoms with Crippen LogP contribution in [0.15, 0.2) is 54.6 Å². The maximum Gasteiger partial charge on any atom is 0.163 e. The second-order valence-corrected chi connectivity index (χ2v) is 5.32. The maximum absolute atomic E-state index is 12.0. The predicted octanol–water partition coefficient (Wildman–Crippen LogP) is 4.49. The Bertz CT molecular complexity index is 559. The summed E-state index contributed by atoms with van der Waals surface area (Å²) in [5.74, 6) is 1.28. The summed E-state index contributed by atoms with van der Waals surface area (Å²) >= 11 is 0. The zero-order chi connectivity index (χ0) is 14.4. The van der Waals surface area contributed by atoms with Gasteiger partial charge in [-0.3, -0.25) is 4.79 Å². The third-order valence-electron chi connectivity index (χ3n) is 3.00. The van der Waals surface area contributed by atoms with Crippen molar-refractivity contribution in [1.29, 1.82) is 0 Å². The van der Waals surface area contributed by atoms with Crippen molar-refractivity contribution in [1.82, 2.24) is 0 Å². The number of carbonyl (C=O) groups is 1. The molecule has 0 N–H and O–H groups in total. The van der Waals surface area contributed by atoms with Gasteiger partial charge in [0.25, 0.3) is 0 Å². The number of ketones is 1. The smallest absolute Gasteiger partial charge is 0.163 e. The van der Waals surface area contributed by atoms with E-state index >= 15 is 0 Å². The van der Waals surface area contributed by atoms with Gasteiger partial charge in [-0.25, -0.2) is 0 Å². The summed E-state index contributed by atoms with van der Waals surface area (Å²) in [6.45, 7) is 4.62. The van der Waals surface area contributed by atoms with E-state index in [4.69, 9.17) is 4.74 Å². The number of carbonyl (C=O) groups excluding carboxylic acids is 1. The summed E-state index contributed by atoms with van der Waals surface area (Å²) in [7, 11) is 0. The molecule has 0 spiro atoms. The largest absolute Gasteiger partial charge is 0.489 e. The van der Waals surface area contributed by atoms with Crippen LogP contribution in [0, 0.1) is 5.92 Å². The molecule has 0 unspecified atom stereocenters. The van der Waals surface area contributed by atoms with Crippen LogP contribution in [0.1, 0.15) is 36.2 Å². The molecule has 2 rings (SSSR count). The Kier molecular flexibility index (Phi) is 4.94. The molecule has 104 valence electrons. The molecule has 0 atom stereocenters. The molecule has 0 aromatic heterocycles. The van der Waals surface area contributed by atoms with Gasteiger partial charge in [0, 0.05) is 12.0 Å². The number of hydrogen-bond acceptors (Lipinski definition) is 2. The lowest BCUT2D eigenvalue weighted by molar-refractivity contribution is 0.0967. The normalized spacial score (nSPS) is 10.6. The minimum atomic E-state index is 0.171. The topological polar surface area (TPSA) is 26.3 Å². The van der Waals surface area contributed by atoms with E-state index in [1.165, 1.54) is 0 Å². The molecular weight excluding hydrogens is 248 g/mol. The molecule has 0 radical (unpaired) electrons. The average Bonchev–Trinajstić information content (AvgIpc) is 2.46. The molecule has 20 heavy (non-hydrogen) atoms. The van der Waals surface area contributed by atoms with Gasteiger partial charge in [0.2, 0.25) is 0 Å². The number of benzene rings is 2. The van der Waals surface area contributed by atoms with Crippen LogP contribution in [0.5, 0.6) is 5.75 Å². The lowest BCUT2D eigenvalue weighted by Gasteiger charge is -2.08. The zero-order valence-electron chi connectivity index (χ0n) is 12.0. The fourth-order valence-corrected chi connectivity index (χ4v) is 1.99. The first-order valence-electron chi connectivity index (χ1n) is 6.95. The molecule has 0 saturated heterocycles. The van der Waals surface area contributed by atoms with E-state index in [1.54, 1.807) is 0 Å². The van der Waals surface area contributed by atoms with Crippen molar-refractivity contribution in [2.45, 2.75) is 26.9 Å². The lowest BCUT2D eigenvalue weighted by Crippen LogP contribution is -2.04. The Morgan fingerprint density at radius 3 is 2.50 bits per heavy atom. The fraction of sp³-hybridized carbons (Fsp3) is 0.278. The van der Waals surface area contributed by atoms with Crippen LogP contribution in [-0.4, -0.2) is 5.78 Å². The second kappa shape index (κ2) is 6.90. The van der Waals surface area contributed by atoms with Crippen LogP contribution in [-0.2, 0) is 6.61 Å². The molecule has 0 aliphatic carbocycles. The Morgan fingerprint density at radius 2 is 1.80 bits per heavy atom. The van der Waals surface area contributed by atoms with Crippen molar-refractivity contribution >= 4 is 5.78 Å². The van der Waals surface area contributed by atoms with Crippen LogP contribution in [0.25, 0.3) is 0 Å². The monoisotopic (exact) mass is 268 g/mol.